The molecule has 1 unspecified atom stereocenters. The number of fused-ring (bicyclic) bond motifs is 1. The van der Waals surface area contributed by atoms with E-state index < -0.39 is 0 Å². The van der Waals surface area contributed by atoms with Crippen LogP contribution in [0.5, 0.6) is 0 Å². The highest BCUT2D eigenvalue weighted by Crippen LogP contribution is 2.14. The van der Waals surface area contributed by atoms with Crippen molar-refractivity contribution in [1.82, 2.24) is 15.3 Å². The number of rotatable bonds is 6. The number of nitrogens with zero attached hydrogens (tertiary/aromatic N) is 1. The Labute approximate surface area is 101 Å². The van der Waals surface area contributed by atoms with Crippen LogP contribution in [-0.2, 0) is 11.3 Å². The van der Waals surface area contributed by atoms with E-state index in [1.54, 1.807) is 6.20 Å². The highest BCUT2D eigenvalue weighted by atomic mass is 16.5. The molecule has 0 aliphatic carbocycles. The van der Waals surface area contributed by atoms with Gasteiger partial charge in [0.25, 0.3) is 0 Å². The second-order valence-corrected chi connectivity index (χ2v) is 4.11. The summed E-state index contributed by atoms with van der Waals surface area (Å²) in [5.41, 5.74) is 2.19. The van der Waals surface area contributed by atoms with Gasteiger partial charge in [-0.05, 0) is 31.5 Å². The molecule has 0 amide bonds. The molecular weight excluding hydrogens is 214 g/mol. The molecule has 0 spiro atoms. The van der Waals surface area contributed by atoms with Crippen LogP contribution in [0.4, 0.5) is 0 Å². The molecule has 4 nitrogen and oxygen atoms in total. The Kier molecular flexibility index (Phi) is 4.12. The van der Waals surface area contributed by atoms with Gasteiger partial charge in [-0.2, -0.15) is 0 Å². The molecule has 2 N–H and O–H groups in total. The van der Waals surface area contributed by atoms with Crippen molar-refractivity contribution in [2.45, 2.75) is 26.5 Å². The van der Waals surface area contributed by atoms with Crippen molar-refractivity contribution in [3.05, 3.63) is 30.1 Å². The summed E-state index contributed by atoms with van der Waals surface area (Å²) >= 11 is 0. The molecule has 0 fully saturated rings. The van der Waals surface area contributed by atoms with Crippen LogP contribution < -0.4 is 5.32 Å². The molecule has 0 aromatic carbocycles. The maximum absolute atomic E-state index is 5.47. The fourth-order valence-electron chi connectivity index (χ4n) is 1.91. The fraction of sp³-hybridized carbons (Fsp3) is 0.462. The number of pyridine rings is 1. The average molecular weight is 233 g/mol. The van der Waals surface area contributed by atoms with Gasteiger partial charge in [-0.1, -0.05) is 0 Å². The third-order valence-electron chi connectivity index (χ3n) is 2.74. The van der Waals surface area contributed by atoms with Crippen molar-refractivity contribution in [1.29, 1.82) is 0 Å². The number of aromatic nitrogens is 2. The minimum Gasteiger partial charge on any atom is -0.377 e. The maximum Gasteiger partial charge on any atom is 0.137 e. The lowest BCUT2D eigenvalue weighted by molar-refractivity contribution is 0.0759. The number of nitrogens with one attached hydrogen (secondary N) is 2. The van der Waals surface area contributed by atoms with Gasteiger partial charge in [0, 0.05) is 37.5 Å². The zero-order valence-corrected chi connectivity index (χ0v) is 10.4. The zero-order chi connectivity index (χ0) is 12.1. The summed E-state index contributed by atoms with van der Waals surface area (Å²) in [7, 11) is 0. The summed E-state index contributed by atoms with van der Waals surface area (Å²) < 4.78 is 5.47. The van der Waals surface area contributed by atoms with Crippen molar-refractivity contribution in [2.24, 2.45) is 0 Å². The van der Waals surface area contributed by atoms with Gasteiger partial charge in [0.05, 0.1) is 6.10 Å². The van der Waals surface area contributed by atoms with Crippen LogP contribution in [0.15, 0.2) is 24.5 Å². The second kappa shape index (κ2) is 5.80. The molecule has 1 atom stereocenters. The van der Waals surface area contributed by atoms with Crippen LogP contribution in [0, 0.1) is 0 Å². The zero-order valence-electron chi connectivity index (χ0n) is 10.4. The Balaban J connectivity index is 1.91. The Hall–Kier alpha value is -1.39. The fourth-order valence-corrected chi connectivity index (χ4v) is 1.91. The molecule has 17 heavy (non-hydrogen) atoms. The van der Waals surface area contributed by atoms with Crippen LogP contribution in [0.25, 0.3) is 11.0 Å². The second-order valence-electron chi connectivity index (χ2n) is 4.11. The van der Waals surface area contributed by atoms with Gasteiger partial charge in [0.2, 0.25) is 0 Å². The highest BCUT2D eigenvalue weighted by Gasteiger charge is 2.04. The Morgan fingerprint density at radius 3 is 3.24 bits per heavy atom. The Morgan fingerprint density at radius 2 is 2.41 bits per heavy atom. The first kappa shape index (κ1) is 12.1. The van der Waals surface area contributed by atoms with Crippen LogP contribution in [0.2, 0.25) is 0 Å². The van der Waals surface area contributed by atoms with Gasteiger partial charge in [-0.3, -0.25) is 0 Å². The predicted octanol–water partition coefficient (Wildman–Crippen LogP) is 2.08. The number of ether oxygens (including phenoxy) is 1. The van der Waals surface area contributed by atoms with Gasteiger partial charge >= 0.3 is 0 Å². The number of hydrogen-bond acceptors (Lipinski definition) is 3. The van der Waals surface area contributed by atoms with E-state index in [4.69, 9.17) is 4.74 Å². The molecule has 2 rings (SSSR count). The van der Waals surface area contributed by atoms with E-state index in [0.717, 1.165) is 25.3 Å². The predicted molar refractivity (Wildman–Crippen MR) is 68.9 cm³/mol. The van der Waals surface area contributed by atoms with Crippen LogP contribution in [-0.4, -0.2) is 29.2 Å². The maximum atomic E-state index is 5.47. The van der Waals surface area contributed by atoms with Crippen molar-refractivity contribution >= 4 is 11.0 Å². The van der Waals surface area contributed by atoms with E-state index in [2.05, 4.69) is 28.3 Å². The summed E-state index contributed by atoms with van der Waals surface area (Å²) in [6, 6.07) is 4.05. The van der Waals surface area contributed by atoms with Gasteiger partial charge < -0.3 is 15.0 Å². The first-order valence-corrected chi connectivity index (χ1v) is 6.04. The molecule has 2 aromatic rings. The summed E-state index contributed by atoms with van der Waals surface area (Å²) in [5, 5.41) is 4.58. The van der Waals surface area contributed by atoms with Crippen molar-refractivity contribution < 1.29 is 4.74 Å². The van der Waals surface area contributed by atoms with Crippen LogP contribution in [0.3, 0.4) is 0 Å². The van der Waals surface area contributed by atoms with Crippen molar-refractivity contribution in [3.8, 4) is 0 Å². The molecule has 0 aliphatic rings. The Bertz CT molecular complexity index is 466. The summed E-state index contributed by atoms with van der Waals surface area (Å²) in [6.07, 6.45) is 4.06. The standard InChI is InChI=1S/C13H19N3O/c1-3-17-10(2)7-14-8-11-9-16-13-12(11)5-4-6-15-13/h4-6,9-10,14H,3,7-8H2,1-2H3,(H,15,16). The molecule has 4 heteroatoms. The lowest BCUT2D eigenvalue weighted by Crippen LogP contribution is -2.26. The summed E-state index contributed by atoms with van der Waals surface area (Å²) in [5.74, 6) is 0. The van der Waals surface area contributed by atoms with Crippen molar-refractivity contribution in [3.63, 3.8) is 0 Å². The lowest BCUT2D eigenvalue weighted by Gasteiger charge is -2.12. The van der Waals surface area contributed by atoms with Crippen molar-refractivity contribution in [2.75, 3.05) is 13.2 Å². The van der Waals surface area contributed by atoms with E-state index in [1.165, 1.54) is 10.9 Å². The van der Waals surface area contributed by atoms with Crippen LogP contribution in [0.1, 0.15) is 19.4 Å². The largest absolute Gasteiger partial charge is 0.377 e. The third kappa shape index (κ3) is 3.05. The van der Waals surface area contributed by atoms with Gasteiger partial charge in [-0.25, -0.2) is 4.98 Å². The number of hydrogen-bond donors (Lipinski definition) is 2. The van der Waals surface area contributed by atoms with E-state index in [-0.39, 0.29) is 6.10 Å². The first-order chi connectivity index (χ1) is 8.31. The molecule has 0 aliphatic heterocycles. The molecule has 2 aromatic heterocycles. The molecular formula is C13H19N3O. The molecule has 2 heterocycles. The van der Waals surface area contributed by atoms with E-state index >= 15 is 0 Å². The SMILES string of the molecule is CCOC(C)CNCc1c[nH]c2ncccc12. The minimum atomic E-state index is 0.253. The normalized spacial score (nSPS) is 13.1. The van der Waals surface area contributed by atoms with E-state index in [9.17, 15) is 0 Å². The molecule has 0 bridgehead atoms. The topological polar surface area (TPSA) is 49.9 Å². The minimum absolute atomic E-state index is 0.253. The summed E-state index contributed by atoms with van der Waals surface area (Å²) in [4.78, 5) is 7.44. The monoisotopic (exact) mass is 233 g/mol. The smallest absolute Gasteiger partial charge is 0.137 e. The first-order valence-electron chi connectivity index (χ1n) is 6.04. The third-order valence-corrected chi connectivity index (χ3v) is 2.74. The Morgan fingerprint density at radius 1 is 1.53 bits per heavy atom. The molecule has 0 radical (unpaired) electrons. The highest BCUT2D eigenvalue weighted by molar-refractivity contribution is 5.79. The molecule has 0 saturated heterocycles. The van der Waals surface area contributed by atoms with Gasteiger partial charge in [0.1, 0.15) is 5.65 Å². The number of H-pyrrole nitrogens is 1. The summed E-state index contributed by atoms with van der Waals surface area (Å²) in [6.45, 7) is 6.55. The molecule has 0 saturated carbocycles. The quantitative estimate of drug-likeness (QED) is 0.803. The average Bonchev–Trinajstić information content (AvgIpc) is 2.73. The van der Waals surface area contributed by atoms with Gasteiger partial charge in [0.15, 0.2) is 0 Å². The van der Waals surface area contributed by atoms with E-state index in [0.29, 0.717) is 0 Å². The number of aromatic amines is 1. The van der Waals surface area contributed by atoms with Gasteiger partial charge in [-0.15, -0.1) is 0 Å². The van der Waals surface area contributed by atoms with E-state index in [1.807, 2.05) is 19.2 Å². The lowest BCUT2D eigenvalue weighted by atomic mass is 10.2. The van der Waals surface area contributed by atoms with Crippen LogP contribution >= 0.6 is 0 Å². The molecule has 92 valence electrons.